The minimum atomic E-state index is -4.36. The van der Waals surface area contributed by atoms with Gasteiger partial charge in [-0.2, -0.15) is 17.5 Å². The molecule has 27 heavy (non-hydrogen) atoms. The third kappa shape index (κ3) is 4.11. The SMILES string of the molecule is Cc1ccc(C)c(S(=O)(=O)N2CCN(c3ccc(C(F)(F)F)cc3)CC2)c1. The predicted octanol–water partition coefficient (Wildman–Crippen LogP) is 3.83. The molecule has 0 radical (unpaired) electrons. The molecule has 1 saturated heterocycles. The molecule has 0 spiro atoms. The first-order valence-electron chi connectivity index (χ1n) is 8.58. The van der Waals surface area contributed by atoms with E-state index < -0.39 is 21.8 Å². The molecule has 0 unspecified atom stereocenters. The number of aryl methyl sites for hydroxylation is 2. The van der Waals surface area contributed by atoms with E-state index in [-0.39, 0.29) is 13.1 Å². The summed E-state index contributed by atoms with van der Waals surface area (Å²) in [6.07, 6.45) is -4.36. The lowest BCUT2D eigenvalue weighted by molar-refractivity contribution is -0.137. The number of sulfonamides is 1. The summed E-state index contributed by atoms with van der Waals surface area (Å²) in [5.74, 6) is 0. The van der Waals surface area contributed by atoms with E-state index in [1.807, 2.05) is 17.9 Å². The summed E-state index contributed by atoms with van der Waals surface area (Å²) >= 11 is 0. The maximum absolute atomic E-state index is 12.9. The highest BCUT2D eigenvalue weighted by Crippen LogP contribution is 2.31. The van der Waals surface area contributed by atoms with Crippen LogP contribution in [0, 0.1) is 13.8 Å². The van der Waals surface area contributed by atoms with Crippen LogP contribution < -0.4 is 4.90 Å². The van der Waals surface area contributed by atoms with E-state index in [4.69, 9.17) is 0 Å². The van der Waals surface area contributed by atoms with Crippen LogP contribution in [0.2, 0.25) is 0 Å². The van der Waals surface area contributed by atoms with Gasteiger partial charge in [0.2, 0.25) is 10.0 Å². The molecule has 2 aromatic carbocycles. The first-order chi connectivity index (χ1) is 12.6. The first-order valence-corrected chi connectivity index (χ1v) is 10.0. The van der Waals surface area contributed by atoms with Crippen LogP contribution in [0.15, 0.2) is 47.4 Å². The van der Waals surface area contributed by atoms with E-state index in [1.54, 1.807) is 19.1 Å². The second-order valence-electron chi connectivity index (χ2n) is 6.70. The number of piperazine rings is 1. The van der Waals surface area contributed by atoms with Gasteiger partial charge in [-0.3, -0.25) is 0 Å². The maximum atomic E-state index is 12.9. The van der Waals surface area contributed by atoms with Crippen molar-refractivity contribution < 1.29 is 21.6 Å². The Balaban J connectivity index is 1.72. The van der Waals surface area contributed by atoms with Gasteiger partial charge >= 0.3 is 6.18 Å². The standard InChI is InChI=1S/C19H21F3N2O2S/c1-14-3-4-15(2)18(13-14)27(25,26)24-11-9-23(10-12-24)17-7-5-16(6-8-17)19(20,21)22/h3-8,13H,9-12H2,1-2H3. The molecule has 0 bridgehead atoms. The second-order valence-corrected chi connectivity index (χ2v) is 8.61. The number of halogens is 3. The van der Waals surface area contributed by atoms with Gasteiger partial charge in [0.05, 0.1) is 10.5 Å². The van der Waals surface area contributed by atoms with Crippen LogP contribution >= 0.6 is 0 Å². The molecular formula is C19H21F3N2O2S. The highest BCUT2D eigenvalue weighted by molar-refractivity contribution is 7.89. The zero-order valence-electron chi connectivity index (χ0n) is 15.1. The Kier molecular flexibility index (Phi) is 5.22. The molecule has 0 atom stereocenters. The average Bonchev–Trinajstić information content (AvgIpc) is 2.63. The molecule has 1 aliphatic rings. The van der Waals surface area contributed by atoms with E-state index in [0.29, 0.717) is 29.2 Å². The normalized spacial score (nSPS) is 16.6. The molecule has 0 aliphatic carbocycles. The zero-order valence-corrected chi connectivity index (χ0v) is 15.9. The molecular weight excluding hydrogens is 377 g/mol. The molecule has 0 amide bonds. The molecule has 146 valence electrons. The monoisotopic (exact) mass is 398 g/mol. The van der Waals surface area contributed by atoms with Crippen LogP contribution in [0.5, 0.6) is 0 Å². The summed E-state index contributed by atoms with van der Waals surface area (Å²) in [5, 5.41) is 0. The van der Waals surface area contributed by atoms with Crippen LogP contribution in [-0.4, -0.2) is 38.9 Å². The van der Waals surface area contributed by atoms with Gasteiger partial charge in [-0.05, 0) is 55.3 Å². The molecule has 0 N–H and O–H groups in total. The molecule has 0 saturated carbocycles. The fourth-order valence-electron chi connectivity index (χ4n) is 3.17. The Morgan fingerprint density at radius 3 is 2.04 bits per heavy atom. The van der Waals surface area contributed by atoms with Crippen LogP contribution in [0.1, 0.15) is 16.7 Å². The van der Waals surface area contributed by atoms with Crippen molar-refractivity contribution in [1.29, 1.82) is 0 Å². The molecule has 4 nitrogen and oxygen atoms in total. The van der Waals surface area contributed by atoms with E-state index in [9.17, 15) is 21.6 Å². The van der Waals surface area contributed by atoms with Crippen molar-refractivity contribution >= 4 is 15.7 Å². The Morgan fingerprint density at radius 1 is 0.889 bits per heavy atom. The van der Waals surface area contributed by atoms with Crippen LogP contribution in [-0.2, 0) is 16.2 Å². The van der Waals surface area contributed by atoms with Crippen molar-refractivity contribution in [2.75, 3.05) is 31.1 Å². The molecule has 2 aromatic rings. The van der Waals surface area contributed by atoms with Crippen molar-refractivity contribution in [3.05, 3.63) is 59.2 Å². The number of hydrogen-bond acceptors (Lipinski definition) is 3. The number of benzene rings is 2. The lowest BCUT2D eigenvalue weighted by Crippen LogP contribution is -2.48. The van der Waals surface area contributed by atoms with E-state index in [1.165, 1.54) is 16.4 Å². The Hall–Kier alpha value is -2.06. The largest absolute Gasteiger partial charge is 0.416 e. The second kappa shape index (κ2) is 7.16. The number of alkyl halides is 3. The third-order valence-corrected chi connectivity index (χ3v) is 6.80. The Labute approximate surface area is 157 Å². The average molecular weight is 398 g/mol. The zero-order chi connectivity index (χ0) is 19.8. The maximum Gasteiger partial charge on any atom is 0.416 e. The van der Waals surface area contributed by atoms with Gasteiger partial charge in [-0.25, -0.2) is 8.42 Å². The molecule has 0 aromatic heterocycles. The van der Waals surface area contributed by atoms with Gasteiger partial charge in [-0.1, -0.05) is 12.1 Å². The fourth-order valence-corrected chi connectivity index (χ4v) is 4.90. The van der Waals surface area contributed by atoms with Gasteiger partial charge in [0, 0.05) is 31.9 Å². The van der Waals surface area contributed by atoms with Crippen molar-refractivity contribution in [3.8, 4) is 0 Å². The first kappa shape index (κ1) is 19.7. The predicted molar refractivity (Wildman–Crippen MR) is 98.3 cm³/mol. The van der Waals surface area contributed by atoms with Crippen LogP contribution in [0.4, 0.5) is 18.9 Å². The quantitative estimate of drug-likeness (QED) is 0.789. The summed E-state index contributed by atoms with van der Waals surface area (Å²) in [6, 6.07) is 10.3. The highest BCUT2D eigenvalue weighted by Gasteiger charge is 2.32. The van der Waals surface area contributed by atoms with Gasteiger partial charge in [0.25, 0.3) is 0 Å². The summed E-state index contributed by atoms with van der Waals surface area (Å²) in [6.45, 7) is 5.05. The Morgan fingerprint density at radius 2 is 1.48 bits per heavy atom. The lowest BCUT2D eigenvalue weighted by Gasteiger charge is -2.35. The number of rotatable bonds is 3. The number of nitrogens with zero attached hydrogens (tertiary/aromatic N) is 2. The van der Waals surface area contributed by atoms with E-state index in [0.717, 1.165) is 17.7 Å². The summed E-state index contributed by atoms with van der Waals surface area (Å²) < 4.78 is 65.4. The van der Waals surface area contributed by atoms with Crippen molar-refractivity contribution in [2.45, 2.75) is 24.9 Å². The van der Waals surface area contributed by atoms with Crippen molar-refractivity contribution in [1.82, 2.24) is 4.31 Å². The van der Waals surface area contributed by atoms with E-state index >= 15 is 0 Å². The molecule has 1 aliphatic heterocycles. The summed E-state index contributed by atoms with van der Waals surface area (Å²) in [5.41, 5.74) is 1.54. The molecule has 1 heterocycles. The molecule has 8 heteroatoms. The molecule has 1 fully saturated rings. The third-order valence-electron chi connectivity index (χ3n) is 4.76. The number of anilines is 1. The van der Waals surface area contributed by atoms with Gasteiger partial charge in [0.15, 0.2) is 0 Å². The molecule has 3 rings (SSSR count). The topological polar surface area (TPSA) is 40.6 Å². The Bertz CT molecular complexity index is 917. The minimum Gasteiger partial charge on any atom is -0.369 e. The lowest BCUT2D eigenvalue weighted by atomic mass is 10.2. The van der Waals surface area contributed by atoms with Gasteiger partial charge < -0.3 is 4.90 Å². The van der Waals surface area contributed by atoms with Gasteiger partial charge in [-0.15, -0.1) is 0 Å². The minimum absolute atomic E-state index is 0.288. The van der Waals surface area contributed by atoms with E-state index in [2.05, 4.69) is 0 Å². The van der Waals surface area contributed by atoms with Crippen molar-refractivity contribution in [2.24, 2.45) is 0 Å². The van der Waals surface area contributed by atoms with Crippen molar-refractivity contribution in [3.63, 3.8) is 0 Å². The van der Waals surface area contributed by atoms with Crippen LogP contribution in [0.3, 0.4) is 0 Å². The highest BCUT2D eigenvalue weighted by atomic mass is 32.2. The van der Waals surface area contributed by atoms with Crippen LogP contribution in [0.25, 0.3) is 0 Å². The summed E-state index contributed by atoms with van der Waals surface area (Å²) in [4.78, 5) is 2.21. The van der Waals surface area contributed by atoms with Gasteiger partial charge in [0.1, 0.15) is 0 Å². The number of hydrogen-bond donors (Lipinski definition) is 0. The fraction of sp³-hybridized carbons (Fsp3) is 0.368. The summed E-state index contributed by atoms with van der Waals surface area (Å²) in [7, 11) is -3.59. The smallest absolute Gasteiger partial charge is 0.369 e.